The molecule has 7 nitrogen and oxygen atoms in total. The highest BCUT2D eigenvalue weighted by Gasteiger charge is 2.23. The van der Waals surface area contributed by atoms with Gasteiger partial charge in [0.1, 0.15) is 11.4 Å². The summed E-state index contributed by atoms with van der Waals surface area (Å²) in [4.78, 5) is 23.2. The normalized spacial score (nSPS) is 12.3. The highest BCUT2D eigenvalue weighted by molar-refractivity contribution is 5.86. The van der Waals surface area contributed by atoms with Crippen LogP contribution in [0.25, 0.3) is 0 Å². The lowest BCUT2D eigenvalue weighted by molar-refractivity contribution is -0.150. The van der Waals surface area contributed by atoms with Crippen LogP contribution < -0.4 is 10.1 Å². The summed E-state index contributed by atoms with van der Waals surface area (Å²) in [7, 11) is 2.57. The Morgan fingerprint density at radius 3 is 2.36 bits per heavy atom. The molecule has 1 rings (SSSR count). The Morgan fingerprint density at radius 2 is 1.86 bits per heavy atom. The van der Waals surface area contributed by atoms with E-state index in [0.29, 0.717) is 11.4 Å². The van der Waals surface area contributed by atoms with Crippen molar-refractivity contribution >= 4 is 17.7 Å². The fourth-order valence-corrected chi connectivity index (χ4v) is 1.69. The van der Waals surface area contributed by atoms with Crippen molar-refractivity contribution in [3.63, 3.8) is 0 Å². The second-order valence-electron chi connectivity index (χ2n) is 5.51. The third-order valence-electron chi connectivity index (χ3n) is 2.59. The first-order valence-corrected chi connectivity index (χ1v) is 6.61. The smallest absolute Gasteiger partial charge is 0.412 e. The number of ether oxygens (including phenoxy) is 3. The van der Waals surface area contributed by atoms with Gasteiger partial charge in [0.15, 0.2) is 6.10 Å². The van der Waals surface area contributed by atoms with Crippen LogP contribution in [0.15, 0.2) is 18.2 Å². The predicted molar refractivity (Wildman–Crippen MR) is 79.8 cm³/mol. The fraction of sp³-hybridized carbons (Fsp3) is 0.467. The molecule has 22 heavy (non-hydrogen) atoms. The maximum atomic E-state index is 11.7. The Morgan fingerprint density at radius 1 is 1.23 bits per heavy atom. The Balaban J connectivity index is 3.00. The monoisotopic (exact) mass is 311 g/mol. The number of carbonyl (C=O) groups excluding carboxylic acids is 2. The fourth-order valence-electron chi connectivity index (χ4n) is 1.69. The van der Waals surface area contributed by atoms with Crippen LogP contribution in [-0.4, -0.2) is 37.0 Å². The summed E-state index contributed by atoms with van der Waals surface area (Å²) in [5.41, 5.74) is -0.0961. The molecule has 0 aliphatic rings. The Kier molecular flexibility index (Phi) is 5.76. The van der Waals surface area contributed by atoms with E-state index in [-0.39, 0.29) is 5.56 Å². The zero-order chi connectivity index (χ0) is 16.9. The van der Waals surface area contributed by atoms with E-state index in [0.717, 1.165) is 0 Å². The molecular weight excluding hydrogens is 290 g/mol. The molecule has 0 aromatic heterocycles. The van der Waals surface area contributed by atoms with E-state index in [4.69, 9.17) is 9.47 Å². The van der Waals surface area contributed by atoms with Gasteiger partial charge in [0.05, 0.1) is 14.2 Å². The predicted octanol–water partition coefficient (Wildman–Crippen LogP) is 2.25. The molecule has 122 valence electrons. The molecule has 0 aliphatic heterocycles. The lowest BCUT2D eigenvalue weighted by atomic mass is 10.1. The molecule has 0 saturated heterocycles. The Hall–Kier alpha value is -2.28. The molecule has 1 amide bonds. The van der Waals surface area contributed by atoms with Gasteiger partial charge in [-0.05, 0) is 39.0 Å². The number of nitrogens with one attached hydrogen (secondary N) is 1. The van der Waals surface area contributed by atoms with Gasteiger partial charge in [-0.1, -0.05) is 0 Å². The maximum Gasteiger partial charge on any atom is 0.412 e. The minimum Gasteiger partial charge on any atom is -0.496 e. The van der Waals surface area contributed by atoms with Crippen molar-refractivity contribution in [2.75, 3.05) is 19.5 Å². The summed E-state index contributed by atoms with van der Waals surface area (Å²) < 4.78 is 14.7. The van der Waals surface area contributed by atoms with Gasteiger partial charge >= 0.3 is 12.1 Å². The van der Waals surface area contributed by atoms with Crippen LogP contribution in [0, 0.1) is 0 Å². The zero-order valence-corrected chi connectivity index (χ0v) is 13.3. The average molecular weight is 311 g/mol. The van der Waals surface area contributed by atoms with Crippen molar-refractivity contribution in [2.45, 2.75) is 32.5 Å². The van der Waals surface area contributed by atoms with E-state index < -0.39 is 23.8 Å². The molecule has 1 atom stereocenters. The van der Waals surface area contributed by atoms with Crippen molar-refractivity contribution in [3.8, 4) is 5.75 Å². The summed E-state index contributed by atoms with van der Waals surface area (Å²) >= 11 is 0. The Bertz CT molecular complexity index is 549. The molecule has 0 saturated carbocycles. The van der Waals surface area contributed by atoms with Crippen molar-refractivity contribution < 1.29 is 28.9 Å². The summed E-state index contributed by atoms with van der Waals surface area (Å²) in [6, 6.07) is 4.51. The van der Waals surface area contributed by atoms with Crippen LogP contribution in [0.3, 0.4) is 0 Å². The second kappa shape index (κ2) is 7.13. The van der Waals surface area contributed by atoms with Crippen LogP contribution in [-0.2, 0) is 14.3 Å². The van der Waals surface area contributed by atoms with Crippen molar-refractivity contribution in [3.05, 3.63) is 23.8 Å². The lowest BCUT2D eigenvalue weighted by Gasteiger charge is -2.20. The first kappa shape index (κ1) is 17.8. The minimum absolute atomic E-state index is 0.183. The summed E-state index contributed by atoms with van der Waals surface area (Å²) in [6.07, 6.45) is -2.16. The van der Waals surface area contributed by atoms with Gasteiger partial charge in [-0.25, -0.2) is 9.59 Å². The molecule has 0 aliphatic carbocycles. The van der Waals surface area contributed by atoms with Gasteiger partial charge in [0, 0.05) is 11.3 Å². The van der Waals surface area contributed by atoms with Crippen LogP contribution in [0.4, 0.5) is 10.5 Å². The quantitative estimate of drug-likeness (QED) is 0.828. The number of aliphatic hydroxyl groups is 1. The standard InChI is InChI=1S/C15H21NO6/c1-15(2,3)22-14(19)16-9-6-7-11(20-4)10(8-9)12(17)13(18)21-5/h6-8,12,17H,1-5H3,(H,16,19). The highest BCUT2D eigenvalue weighted by atomic mass is 16.6. The first-order chi connectivity index (χ1) is 10.2. The molecule has 0 radical (unpaired) electrons. The van der Waals surface area contributed by atoms with Crippen molar-refractivity contribution in [1.82, 2.24) is 0 Å². The van der Waals surface area contributed by atoms with E-state index in [9.17, 15) is 14.7 Å². The van der Waals surface area contributed by atoms with Gasteiger partial charge in [0.25, 0.3) is 0 Å². The number of anilines is 1. The zero-order valence-electron chi connectivity index (χ0n) is 13.3. The van der Waals surface area contributed by atoms with E-state index in [1.807, 2.05) is 0 Å². The van der Waals surface area contributed by atoms with Crippen LogP contribution >= 0.6 is 0 Å². The SMILES string of the molecule is COC(=O)C(O)c1cc(NC(=O)OC(C)(C)C)ccc1OC. The molecule has 1 aromatic rings. The third-order valence-corrected chi connectivity index (χ3v) is 2.59. The molecule has 0 fully saturated rings. The van der Waals surface area contributed by atoms with Crippen LogP contribution in [0.1, 0.15) is 32.4 Å². The number of methoxy groups -OCH3 is 2. The lowest BCUT2D eigenvalue weighted by Crippen LogP contribution is -2.27. The number of hydrogen-bond acceptors (Lipinski definition) is 6. The molecule has 0 bridgehead atoms. The van der Waals surface area contributed by atoms with Crippen LogP contribution in [0.2, 0.25) is 0 Å². The third kappa shape index (κ3) is 4.92. The van der Waals surface area contributed by atoms with Gasteiger partial charge in [-0.2, -0.15) is 0 Å². The largest absolute Gasteiger partial charge is 0.496 e. The molecule has 1 aromatic carbocycles. The van der Waals surface area contributed by atoms with E-state index in [1.54, 1.807) is 26.8 Å². The highest BCUT2D eigenvalue weighted by Crippen LogP contribution is 2.29. The van der Waals surface area contributed by atoms with Crippen molar-refractivity contribution in [2.24, 2.45) is 0 Å². The summed E-state index contributed by atoms with van der Waals surface area (Å²) in [5.74, 6) is -0.527. The number of rotatable bonds is 4. The molecule has 1 unspecified atom stereocenters. The molecule has 7 heteroatoms. The van der Waals surface area contributed by atoms with Gasteiger partial charge < -0.3 is 19.3 Å². The topological polar surface area (TPSA) is 94.1 Å². The van der Waals surface area contributed by atoms with Gasteiger partial charge in [0.2, 0.25) is 0 Å². The van der Waals surface area contributed by atoms with Gasteiger partial charge in [-0.15, -0.1) is 0 Å². The van der Waals surface area contributed by atoms with Gasteiger partial charge in [-0.3, -0.25) is 5.32 Å². The maximum absolute atomic E-state index is 11.7. The van der Waals surface area contributed by atoms with E-state index in [2.05, 4.69) is 10.1 Å². The molecule has 0 heterocycles. The number of esters is 1. The Labute approximate surface area is 129 Å². The number of aliphatic hydroxyl groups excluding tert-OH is 1. The average Bonchev–Trinajstić information content (AvgIpc) is 2.43. The van der Waals surface area contributed by atoms with Crippen LogP contribution in [0.5, 0.6) is 5.75 Å². The molecule has 2 N–H and O–H groups in total. The number of carbonyl (C=O) groups is 2. The number of benzene rings is 1. The van der Waals surface area contributed by atoms with Crippen molar-refractivity contribution in [1.29, 1.82) is 0 Å². The molecular formula is C15H21NO6. The van der Waals surface area contributed by atoms with E-state index >= 15 is 0 Å². The summed E-state index contributed by atoms with van der Waals surface area (Å²) in [6.45, 7) is 5.23. The molecule has 0 spiro atoms. The number of amides is 1. The first-order valence-electron chi connectivity index (χ1n) is 6.61. The minimum atomic E-state index is -1.51. The number of hydrogen-bond donors (Lipinski definition) is 2. The second-order valence-corrected chi connectivity index (χ2v) is 5.51. The summed E-state index contributed by atoms with van der Waals surface area (Å²) in [5, 5.41) is 12.5. The van der Waals surface area contributed by atoms with E-state index in [1.165, 1.54) is 26.4 Å².